The normalized spacial score (nSPS) is 14.2. The molecule has 0 amide bonds. The minimum atomic E-state index is -1.53. The van der Waals surface area contributed by atoms with Crippen molar-refractivity contribution in [2.24, 2.45) is 5.73 Å². The van der Waals surface area contributed by atoms with Crippen LogP contribution in [0.15, 0.2) is 42.5 Å². The van der Waals surface area contributed by atoms with Gasteiger partial charge in [0, 0.05) is 11.1 Å². The summed E-state index contributed by atoms with van der Waals surface area (Å²) in [6.07, 6.45) is 0.172. The highest BCUT2D eigenvalue weighted by Crippen LogP contribution is 2.35. The molecule has 0 spiro atoms. The van der Waals surface area contributed by atoms with Gasteiger partial charge in [-0.05, 0) is 24.6 Å². The molecule has 0 radical (unpaired) electrons. The van der Waals surface area contributed by atoms with Gasteiger partial charge in [-0.15, -0.1) is 0 Å². The van der Waals surface area contributed by atoms with Gasteiger partial charge in [-0.1, -0.05) is 31.2 Å². The fourth-order valence-corrected chi connectivity index (χ4v) is 2.25. The van der Waals surface area contributed by atoms with Gasteiger partial charge in [-0.3, -0.25) is 0 Å². The van der Waals surface area contributed by atoms with Crippen molar-refractivity contribution in [2.45, 2.75) is 18.9 Å². The van der Waals surface area contributed by atoms with Crippen LogP contribution < -0.4 is 5.73 Å². The van der Waals surface area contributed by atoms with E-state index >= 15 is 0 Å². The molecular formula is C15H14F3N. The van der Waals surface area contributed by atoms with Gasteiger partial charge in [0.1, 0.15) is 17.5 Å². The van der Waals surface area contributed by atoms with E-state index < -0.39 is 23.0 Å². The van der Waals surface area contributed by atoms with Crippen LogP contribution in [0.25, 0.3) is 0 Å². The number of benzene rings is 2. The first-order valence-corrected chi connectivity index (χ1v) is 5.99. The average Bonchev–Trinajstić information content (AvgIpc) is 2.38. The Balaban J connectivity index is 2.71. The second-order valence-corrected chi connectivity index (χ2v) is 4.40. The molecule has 100 valence electrons. The van der Waals surface area contributed by atoms with E-state index in [-0.39, 0.29) is 17.5 Å². The molecule has 0 aliphatic rings. The lowest BCUT2D eigenvalue weighted by atomic mass is 9.80. The average molecular weight is 265 g/mol. The molecule has 0 fully saturated rings. The van der Waals surface area contributed by atoms with Gasteiger partial charge >= 0.3 is 0 Å². The summed E-state index contributed by atoms with van der Waals surface area (Å²) >= 11 is 0. The van der Waals surface area contributed by atoms with Crippen LogP contribution in [0.5, 0.6) is 0 Å². The maximum absolute atomic E-state index is 13.9. The van der Waals surface area contributed by atoms with Crippen molar-refractivity contribution in [1.29, 1.82) is 0 Å². The molecule has 2 rings (SSSR count). The second-order valence-electron chi connectivity index (χ2n) is 4.40. The summed E-state index contributed by atoms with van der Waals surface area (Å²) in [7, 11) is 0. The molecule has 1 nitrogen and oxygen atoms in total. The first-order chi connectivity index (χ1) is 9.00. The highest BCUT2D eigenvalue weighted by atomic mass is 19.1. The summed E-state index contributed by atoms with van der Waals surface area (Å²) < 4.78 is 41.7. The number of halogens is 3. The van der Waals surface area contributed by atoms with Crippen molar-refractivity contribution in [2.75, 3.05) is 0 Å². The Morgan fingerprint density at radius 1 is 0.895 bits per heavy atom. The van der Waals surface area contributed by atoms with Crippen LogP contribution in [-0.4, -0.2) is 0 Å². The second kappa shape index (κ2) is 5.05. The minimum absolute atomic E-state index is 0.0847. The predicted molar refractivity (Wildman–Crippen MR) is 68.0 cm³/mol. The van der Waals surface area contributed by atoms with E-state index in [0.717, 1.165) is 12.1 Å². The Kier molecular flexibility index (Phi) is 3.62. The van der Waals surface area contributed by atoms with Crippen LogP contribution in [0.4, 0.5) is 13.2 Å². The molecular weight excluding hydrogens is 251 g/mol. The van der Waals surface area contributed by atoms with Crippen molar-refractivity contribution in [3.63, 3.8) is 0 Å². The third-order valence-corrected chi connectivity index (χ3v) is 3.32. The van der Waals surface area contributed by atoms with E-state index in [1.54, 1.807) is 13.0 Å². The van der Waals surface area contributed by atoms with Crippen LogP contribution in [0.2, 0.25) is 0 Å². The lowest BCUT2D eigenvalue weighted by Crippen LogP contribution is -2.40. The van der Waals surface area contributed by atoms with Crippen LogP contribution in [0, 0.1) is 17.5 Å². The molecule has 0 heterocycles. The molecule has 0 saturated carbocycles. The molecule has 0 aliphatic heterocycles. The molecule has 19 heavy (non-hydrogen) atoms. The minimum Gasteiger partial charge on any atom is -0.317 e. The molecule has 0 bridgehead atoms. The maximum atomic E-state index is 13.9. The molecule has 0 aliphatic carbocycles. The quantitative estimate of drug-likeness (QED) is 0.899. The smallest absolute Gasteiger partial charge is 0.131 e. The Labute approximate surface area is 109 Å². The van der Waals surface area contributed by atoms with Gasteiger partial charge in [0.25, 0.3) is 0 Å². The molecule has 4 heteroatoms. The third-order valence-electron chi connectivity index (χ3n) is 3.32. The van der Waals surface area contributed by atoms with E-state index in [1.165, 1.54) is 24.3 Å². The Morgan fingerprint density at radius 2 is 1.42 bits per heavy atom. The lowest BCUT2D eigenvalue weighted by molar-refractivity contribution is 0.426. The summed E-state index contributed by atoms with van der Waals surface area (Å²) in [6, 6.07) is 9.27. The lowest BCUT2D eigenvalue weighted by Gasteiger charge is -2.30. The third kappa shape index (κ3) is 2.24. The van der Waals surface area contributed by atoms with Crippen LogP contribution in [0.1, 0.15) is 24.5 Å². The van der Waals surface area contributed by atoms with Crippen molar-refractivity contribution in [3.8, 4) is 0 Å². The van der Waals surface area contributed by atoms with E-state index in [0.29, 0.717) is 0 Å². The molecule has 2 aromatic rings. The zero-order chi connectivity index (χ0) is 14.0. The number of hydrogen-bond donors (Lipinski definition) is 1. The monoisotopic (exact) mass is 265 g/mol. The van der Waals surface area contributed by atoms with Crippen molar-refractivity contribution in [1.82, 2.24) is 0 Å². The predicted octanol–water partition coefficient (Wildman–Crippen LogP) is 3.72. The fraction of sp³-hybridized carbons (Fsp3) is 0.200. The highest BCUT2D eigenvalue weighted by molar-refractivity contribution is 5.40. The number of rotatable bonds is 3. The number of hydrogen-bond acceptors (Lipinski definition) is 1. The topological polar surface area (TPSA) is 26.0 Å². The Bertz CT molecular complexity index is 577. The van der Waals surface area contributed by atoms with Gasteiger partial charge in [-0.2, -0.15) is 0 Å². The maximum Gasteiger partial charge on any atom is 0.131 e. The summed E-state index contributed by atoms with van der Waals surface area (Å²) in [5, 5.41) is 0. The molecule has 1 unspecified atom stereocenters. The highest BCUT2D eigenvalue weighted by Gasteiger charge is 2.35. The molecule has 0 aromatic heterocycles. The largest absolute Gasteiger partial charge is 0.317 e. The molecule has 1 atom stereocenters. The van der Waals surface area contributed by atoms with Crippen LogP contribution >= 0.6 is 0 Å². The first kappa shape index (κ1) is 13.6. The summed E-state index contributed by atoms with van der Waals surface area (Å²) in [4.78, 5) is 0. The first-order valence-electron chi connectivity index (χ1n) is 5.99. The van der Waals surface area contributed by atoms with E-state index in [1.807, 2.05) is 0 Å². The summed E-state index contributed by atoms with van der Waals surface area (Å²) in [5.41, 5.74) is 4.38. The SMILES string of the molecule is CCC(N)(c1ccccc1F)c1c(F)cccc1F. The van der Waals surface area contributed by atoms with E-state index in [4.69, 9.17) is 5.73 Å². The van der Waals surface area contributed by atoms with Crippen LogP contribution in [0.3, 0.4) is 0 Å². The van der Waals surface area contributed by atoms with Gasteiger partial charge in [0.15, 0.2) is 0 Å². The fourth-order valence-electron chi connectivity index (χ4n) is 2.25. The van der Waals surface area contributed by atoms with E-state index in [9.17, 15) is 13.2 Å². The van der Waals surface area contributed by atoms with E-state index in [2.05, 4.69) is 0 Å². The van der Waals surface area contributed by atoms with Crippen molar-refractivity contribution in [3.05, 3.63) is 71.0 Å². The summed E-state index contributed by atoms with van der Waals surface area (Å²) in [5.74, 6) is -2.12. The van der Waals surface area contributed by atoms with Crippen LogP contribution in [-0.2, 0) is 5.54 Å². The Hall–Kier alpha value is -1.81. The zero-order valence-corrected chi connectivity index (χ0v) is 10.5. The van der Waals surface area contributed by atoms with Gasteiger partial charge < -0.3 is 5.73 Å². The molecule has 0 saturated heterocycles. The zero-order valence-electron chi connectivity index (χ0n) is 10.5. The van der Waals surface area contributed by atoms with Gasteiger partial charge in [-0.25, -0.2) is 13.2 Å². The van der Waals surface area contributed by atoms with Gasteiger partial charge in [0.2, 0.25) is 0 Å². The van der Waals surface area contributed by atoms with Crippen molar-refractivity contribution < 1.29 is 13.2 Å². The number of nitrogens with two attached hydrogens (primary N) is 1. The van der Waals surface area contributed by atoms with Crippen molar-refractivity contribution >= 4 is 0 Å². The molecule has 2 N–H and O–H groups in total. The van der Waals surface area contributed by atoms with Gasteiger partial charge in [0.05, 0.1) is 5.54 Å². The Morgan fingerprint density at radius 3 is 1.95 bits per heavy atom. The standard InChI is InChI=1S/C15H14F3N/c1-2-15(19,10-6-3-4-7-11(10)16)14-12(17)8-5-9-13(14)18/h3-9H,2,19H2,1H3. The summed E-state index contributed by atoms with van der Waals surface area (Å²) in [6.45, 7) is 1.66. The molecule has 2 aromatic carbocycles.